The Morgan fingerprint density at radius 3 is 1.22 bits per heavy atom. The zero-order valence-corrected chi connectivity index (χ0v) is 38.4. The quantitative estimate of drug-likeness (QED) is 0.0336. The molecule has 346 valence electrons. The number of aliphatic hydroxyl groups excluding tert-OH is 5. The first-order valence-electron chi connectivity index (χ1n) is 25.6. The predicted molar refractivity (Wildman–Crippen MR) is 243 cm³/mol. The number of rotatable bonds is 43. The zero-order chi connectivity index (χ0) is 42.3. The fourth-order valence-corrected chi connectivity index (χ4v) is 8.74. The Kier molecular flexibility index (Phi) is 38.4. The van der Waals surface area contributed by atoms with Crippen molar-refractivity contribution in [3.8, 4) is 0 Å². The van der Waals surface area contributed by atoms with Crippen LogP contribution in [-0.2, 0) is 9.53 Å². The molecule has 0 spiro atoms. The summed E-state index contributed by atoms with van der Waals surface area (Å²) in [6.07, 6.45) is 40.2. The Morgan fingerprint density at radius 1 is 0.500 bits per heavy atom. The molecule has 0 aromatic carbocycles. The van der Waals surface area contributed by atoms with Crippen LogP contribution in [0.2, 0.25) is 0 Å². The van der Waals surface area contributed by atoms with Crippen LogP contribution in [0.15, 0.2) is 0 Å². The predicted octanol–water partition coefficient (Wildman–Crippen LogP) is 11.9. The van der Waals surface area contributed by atoms with Crippen molar-refractivity contribution in [2.75, 3.05) is 6.61 Å². The smallest absolute Gasteiger partial charge is 0.220 e. The third-order valence-corrected chi connectivity index (χ3v) is 12.9. The molecule has 0 aliphatic heterocycles. The molecule has 0 saturated heterocycles. The summed E-state index contributed by atoms with van der Waals surface area (Å²) in [5.74, 6) is -0.173. The molecule has 8 heteroatoms. The van der Waals surface area contributed by atoms with E-state index in [0.29, 0.717) is 25.7 Å². The van der Waals surface area contributed by atoms with E-state index in [0.717, 1.165) is 38.5 Å². The molecule has 1 fully saturated rings. The number of hydrogen-bond donors (Lipinski definition) is 6. The number of hydrogen-bond acceptors (Lipinski definition) is 7. The Labute approximate surface area is 358 Å². The van der Waals surface area contributed by atoms with Crippen molar-refractivity contribution in [2.45, 2.75) is 307 Å². The first-order chi connectivity index (χ1) is 28.3. The fraction of sp³-hybridized carbons (Fsp3) is 0.980. The number of ether oxygens (including phenoxy) is 1. The van der Waals surface area contributed by atoms with Gasteiger partial charge in [-0.05, 0) is 25.7 Å². The molecule has 58 heavy (non-hydrogen) atoms. The highest BCUT2D eigenvalue weighted by Crippen LogP contribution is 2.24. The summed E-state index contributed by atoms with van der Waals surface area (Å²) in [4.78, 5) is 13.0. The van der Waals surface area contributed by atoms with Crippen LogP contribution in [0.4, 0.5) is 0 Å². The summed E-state index contributed by atoms with van der Waals surface area (Å²) < 4.78 is 5.91. The van der Waals surface area contributed by atoms with E-state index in [9.17, 15) is 30.3 Å². The lowest BCUT2D eigenvalue weighted by Crippen LogP contribution is -2.54. The van der Waals surface area contributed by atoms with E-state index < -0.39 is 42.7 Å². The van der Waals surface area contributed by atoms with Gasteiger partial charge in [-0.15, -0.1) is 0 Å². The van der Waals surface area contributed by atoms with Crippen molar-refractivity contribution in [2.24, 2.45) is 0 Å². The Balaban J connectivity index is 2.19. The van der Waals surface area contributed by atoms with E-state index >= 15 is 0 Å². The SMILES string of the molecule is CCCCCCCCCCCCCCCCCCCCCCCCCC(=O)N[C@H](COC1CC[C@H](O)[C@H](O)[C@H]1O)[C@@H](O)[C@@H](O)CCCCCCCCCCCCCC. The lowest BCUT2D eigenvalue weighted by molar-refractivity contribution is -0.160. The standard InChI is InChI=1S/C50H99NO7/c1-3-5-7-9-11-13-15-17-18-19-20-21-22-23-24-25-26-27-29-31-33-35-37-39-47(54)51-43(42-58-46-41-40-45(53)49(56)50(46)57)48(55)44(52)38-36-34-32-30-28-16-14-12-10-8-6-4-2/h43-46,48-50,52-53,55-57H,3-42H2,1-2H3,(H,51,54)/t43-,44+,45+,46?,48-,49+,50+/m1/s1. The Bertz CT molecular complexity index is 877. The normalized spacial score (nSPS) is 20.0. The minimum atomic E-state index is -1.30. The second-order valence-corrected chi connectivity index (χ2v) is 18.4. The van der Waals surface area contributed by atoms with Gasteiger partial charge in [-0.1, -0.05) is 232 Å². The van der Waals surface area contributed by atoms with Crippen LogP contribution in [0.1, 0.15) is 264 Å². The van der Waals surface area contributed by atoms with Crippen LogP contribution in [0.5, 0.6) is 0 Å². The van der Waals surface area contributed by atoms with E-state index in [-0.39, 0.29) is 12.5 Å². The van der Waals surface area contributed by atoms with Crippen LogP contribution in [0, 0.1) is 0 Å². The number of carbonyl (C=O) groups excluding carboxylic acids is 1. The average Bonchev–Trinajstić information content (AvgIpc) is 3.22. The Hall–Kier alpha value is -0.770. The Morgan fingerprint density at radius 2 is 0.845 bits per heavy atom. The van der Waals surface area contributed by atoms with Crippen molar-refractivity contribution < 1.29 is 35.1 Å². The lowest BCUT2D eigenvalue weighted by atomic mass is 9.89. The summed E-state index contributed by atoms with van der Waals surface area (Å²) in [6, 6.07) is -0.833. The van der Waals surface area contributed by atoms with Crippen LogP contribution in [0.25, 0.3) is 0 Å². The van der Waals surface area contributed by atoms with E-state index in [1.165, 1.54) is 186 Å². The molecule has 8 nitrogen and oxygen atoms in total. The van der Waals surface area contributed by atoms with Gasteiger partial charge in [-0.25, -0.2) is 0 Å². The highest BCUT2D eigenvalue weighted by molar-refractivity contribution is 5.76. The molecule has 1 unspecified atom stereocenters. The minimum Gasteiger partial charge on any atom is -0.390 e. The van der Waals surface area contributed by atoms with Gasteiger partial charge in [0, 0.05) is 6.42 Å². The molecule has 1 amide bonds. The monoisotopic (exact) mass is 826 g/mol. The van der Waals surface area contributed by atoms with E-state index in [2.05, 4.69) is 19.2 Å². The number of carbonyl (C=O) groups is 1. The van der Waals surface area contributed by atoms with Crippen molar-refractivity contribution in [3.05, 3.63) is 0 Å². The number of unbranched alkanes of at least 4 members (excludes halogenated alkanes) is 33. The van der Waals surface area contributed by atoms with Gasteiger partial charge in [0.2, 0.25) is 5.91 Å². The summed E-state index contributed by atoms with van der Waals surface area (Å²) in [5.41, 5.74) is 0. The second kappa shape index (κ2) is 40.3. The lowest BCUT2D eigenvalue weighted by Gasteiger charge is -2.36. The van der Waals surface area contributed by atoms with Gasteiger partial charge in [0.25, 0.3) is 0 Å². The maximum atomic E-state index is 13.0. The zero-order valence-electron chi connectivity index (χ0n) is 38.4. The highest BCUT2D eigenvalue weighted by Gasteiger charge is 2.38. The number of amides is 1. The van der Waals surface area contributed by atoms with Gasteiger partial charge >= 0.3 is 0 Å². The first kappa shape index (κ1) is 55.2. The van der Waals surface area contributed by atoms with Crippen LogP contribution >= 0.6 is 0 Å². The molecule has 0 bridgehead atoms. The summed E-state index contributed by atoms with van der Waals surface area (Å²) in [7, 11) is 0. The molecule has 0 aromatic rings. The average molecular weight is 826 g/mol. The van der Waals surface area contributed by atoms with E-state index in [4.69, 9.17) is 4.74 Å². The topological polar surface area (TPSA) is 139 Å². The minimum absolute atomic E-state index is 0.0909. The van der Waals surface area contributed by atoms with Crippen LogP contribution in [-0.4, -0.2) is 80.7 Å². The van der Waals surface area contributed by atoms with Crippen molar-refractivity contribution >= 4 is 5.91 Å². The van der Waals surface area contributed by atoms with Gasteiger partial charge in [-0.2, -0.15) is 0 Å². The largest absolute Gasteiger partial charge is 0.390 e. The van der Waals surface area contributed by atoms with Crippen molar-refractivity contribution in [1.82, 2.24) is 5.32 Å². The van der Waals surface area contributed by atoms with Gasteiger partial charge in [0.15, 0.2) is 0 Å². The molecular weight excluding hydrogens is 727 g/mol. The van der Waals surface area contributed by atoms with Crippen molar-refractivity contribution in [3.63, 3.8) is 0 Å². The van der Waals surface area contributed by atoms with Crippen molar-refractivity contribution in [1.29, 1.82) is 0 Å². The molecule has 0 radical (unpaired) electrons. The molecule has 1 saturated carbocycles. The summed E-state index contributed by atoms with van der Waals surface area (Å²) >= 11 is 0. The molecule has 7 atom stereocenters. The van der Waals surface area contributed by atoms with Gasteiger partial charge in [-0.3, -0.25) is 4.79 Å². The van der Waals surface area contributed by atoms with Gasteiger partial charge < -0.3 is 35.6 Å². The van der Waals surface area contributed by atoms with E-state index in [1.54, 1.807) is 0 Å². The maximum Gasteiger partial charge on any atom is 0.220 e. The summed E-state index contributed by atoms with van der Waals surface area (Å²) in [6.45, 7) is 4.45. The number of nitrogens with one attached hydrogen (secondary N) is 1. The fourth-order valence-electron chi connectivity index (χ4n) is 8.74. The molecule has 6 N–H and O–H groups in total. The van der Waals surface area contributed by atoms with Gasteiger partial charge in [0.05, 0.1) is 31.0 Å². The molecule has 0 heterocycles. The van der Waals surface area contributed by atoms with Gasteiger partial charge in [0.1, 0.15) is 18.3 Å². The second-order valence-electron chi connectivity index (χ2n) is 18.4. The van der Waals surface area contributed by atoms with E-state index in [1.807, 2.05) is 0 Å². The molecule has 1 aliphatic rings. The molecule has 1 aliphatic carbocycles. The first-order valence-corrected chi connectivity index (χ1v) is 25.6. The highest BCUT2D eigenvalue weighted by atomic mass is 16.5. The third kappa shape index (κ3) is 31.1. The van der Waals surface area contributed by atoms with Crippen LogP contribution < -0.4 is 5.32 Å². The van der Waals surface area contributed by atoms with Crippen LogP contribution in [0.3, 0.4) is 0 Å². The summed E-state index contributed by atoms with van der Waals surface area (Å²) in [5, 5.41) is 55.5. The molecular formula is C50H99NO7. The third-order valence-electron chi connectivity index (χ3n) is 12.9. The molecule has 1 rings (SSSR count). The molecule has 0 aromatic heterocycles. The maximum absolute atomic E-state index is 13.0. The number of aliphatic hydroxyl groups is 5.